The lowest BCUT2D eigenvalue weighted by Gasteiger charge is -2.34. The van der Waals surface area contributed by atoms with Gasteiger partial charge in [0.15, 0.2) is 0 Å². The molecule has 2 aromatic heterocycles. The molecule has 34 heavy (non-hydrogen) atoms. The van der Waals surface area contributed by atoms with Gasteiger partial charge in [-0.15, -0.1) is 0 Å². The summed E-state index contributed by atoms with van der Waals surface area (Å²) in [6, 6.07) is 12.9. The second kappa shape index (κ2) is 9.27. The predicted octanol–water partition coefficient (Wildman–Crippen LogP) is 3.45. The maximum absolute atomic E-state index is 13.3. The Labute approximate surface area is 197 Å². The number of nitrogens with one attached hydrogen (secondary N) is 1. The number of amides is 2. The topological polar surface area (TPSA) is 82.8 Å². The van der Waals surface area contributed by atoms with E-state index in [1.165, 1.54) is 46.2 Å². The van der Waals surface area contributed by atoms with Gasteiger partial charge in [-0.05, 0) is 42.5 Å². The Hall–Kier alpha value is -3.70. The van der Waals surface area contributed by atoms with Crippen LogP contribution in [0.1, 0.15) is 5.69 Å². The van der Waals surface area contributed by atoms with Gasteiger partial charge < -0.3 is 10.2 Å². The first-order chi connectivity index (χ1) is 16.4. The van der Waals surface area contributed by atoms with E-state index in [1.54, 1.807) is 29.2 Å². The fourth-order valence-corrected chi connectivity index (χ4v) is 4.68. The molecule has 0 radical (unpaired) electrons. The monoisotopic (exact) mass is 482 g/mol. The van der Waals surface area contributed by atoms with E-state index in [0.717, 1.165) is 0 Å². The molecule has 174 valence electrons. The van der Waals surface area contributed by atoms with Crippen molar-refractivity contribution < 1.29 is 13.6 Å². The third-order valence-electron chi connectivity index (χ3n) is 5.51. The Morgan fingerprint density at radius 2 is 1.76 bits per heavy atom. The number of hydrogen-bond donors (Lipinski definition) is 1. The highest BCUT2D eigenvalue weighted by molar-refractivity contribution is 7.19. The first-order valence-corrected chi connectivity index (χ1v) is 11.5. The second-order valence-electron chi connectivity index (χ2n) is 7.90. The fraction of sp³-hybridized carbons (Fsp3) is 0.217. The van der Waals surface area contributed by atoms with Crippen LogP contribution < -0.4 is 10.9 Å². The highest BCUT2D eigenvalue weighted by atomic mass is 32.1. The van der Waals surface area contributed by atoms with Crippen LogP contribution in [-0.2, 0) is 6.54 Å². The minimum atomic E-state index is -0.409. The minimum Gasteiger partial charge on any atom is -0.322 e. The van der Waals surface area contributed by atoms with Gasteiger partial charge in [0.1, 0.15) is 16.6 Å². The number of urea groups is 1. The van der Waals surface area contributed by atoms with Gasteiger partial charge in [-0.3, -0.25) is 9.69 Å². The van der Waals surface area contributed by atoms with Crippen LogP contribution in [0.25, 0.3) is 15.5 Å². The molecule has 0 unspecified atom stereocenters. The summed E-state index contributed by atoms with van der Waals surface area (Å²) < 4.78 is 27.8. The van der Waals surface area contributed by atoms with Crippen molar-refractivity contribution in [2.24, 2.45) is 0 Å². The number of aromatic nitrogens is 3. The number of anilines is 1. The first-order valence-electron chi connectivity index (χ1n) is 10.6. The molecule has 0 saturated carbocycles. The van der Waals surface area contributed by atoms with E-state index in [4.69, 9.17) is 0 Å². The highest BCUT2D eigenvalue weighted by Gasteiger charge is 2.22. The van der Waals surface area contributed by atoms with Crippen LogP contribution >= 0.6 is 11.3 Å². The molecule has 0 spiro atoms. The van der Waals surface area contributed by atoms with Crippen molar-refractivity contribution >= 4 is 28.0 Å². The lowest BCUT2D eigenvalue weighted by molar-refractivity contribution is 0.142. The van der Waals surface area contributed by atoms with Crippen molar-refractivity contribution in [3.8, 4) is 10.6 Å². The third-order valence-corrected chi connectivity index (χ3v) is 6.47. The lowest BCUT2D eigenvalue weighted by atomic mass is 10.2. The Bertz CT molecular complexity index is 1400. The van der Waals surface area contributed by atoms with E-state index in [9.17, 15) is 18.4 Å². The minimum absolute atomic E-state index is 0.277. The summed E-state index contributed by atoms with van der Waals surface area (Å²) in [6.07, 6.45) is 0. The van der Waals surface area contributed by atoms with Crippen LogP contribution in [0.4, 0.5) is 19.3 Å². The van der Waals surface area contributed by atoms with Gasteiger partial charge in [0.2, 0.25) is 4.96 Å². The Kier molecular flexibility index (Phi) is 6.03. The van der Waals surface area contributed by atoms with Crippen molar-refractivity contribution in [1.82, 2.24) is 24.4 Å². The maximum Gasteiger partial charge on any atom is 0.321 e. The number of nitrogens with zero attached hydrogens (tertiary/aromatic N) is 5. The molecular weight excluding hydrogens is 462 g/mol. The Morgan fingerprint density at radius 1 is 1.00 bits per heavy atom. The molecule has 11 heteroatoms. The molecule has 0 atom stereocenters. The van der Waals surface area contributed by atoms with Crippen molar-refractivity contribution in [2.45, 2.75) is 6.54 Å². The summed E-state index contributed by atoms with van der Waals surface area (Å²) in [4.78, 5) is 33.9. The van der Waals surface area contributed by atoms with Gasteiger partial charge >= 0.3 is 6.03 Å². The van der Waals surface area contributed by atoms with E-state index in [2.05, 4.69) is 20.3 Å². The number of rotatable bonds is 4. The molecular formula is C23H20F2N6O2S. The van der Waals surface area contributed by atoms with Crippen molar-refractivity contribution in [1.29, 1.82) is 0 Å². The zero-order chi connectivity index (χ0) is 23.7. The normalized spacial score (nSPS) is 14.5. The summed E-state index contributed by atoms with van der Waals surface area (Å²) in [5.74, 6) is -0.747. The molecule has 0 aliphatic carbocycles. The van der Waals surface area contributed by atoms with E-state index >= 15 is 0 Å². The van der Waals surface area contributed by atoms with Gasteiger partial charge in [0.05, 0.1) is 5.69 Å². The SMILES string of the molecule is O=C(Nc1cccc(F)c1)N1CCN(Cc2cc(=O)n3nc(-c4ccc(F)cc4)sc3n2)CC1. The molecule has 2 amide bonds. The molecule has 1 saturated heterocycles. The zero-order valence-corrected chi connectivity index (χ0v) is 18.8. The molecule has 1 aliphatic heterocycles. The molecule has 1 N–H and O–H groups in total. The molecule has 1 fully saturated rings. The van der Waals surface area contributed by atoms with E-state index in [-0.39, 0.29) is 17.4 Å². The van der Waals surface area contributed by atoms with Crippen molar-refractivity contribution in [3.63, 3.8) is 0 Å². The number of carbonyl (C=O) groups is 1. The summed E-state index contributed by atoms with van der Waals surface area (Å²) >= 11 is 1.26. The highest BCUT2D eigenvalue weighted by Crippen LogP contribution is 2.24. The molecule has 4 aromatic rings. The van der Waals surface area contributed by atoms with Crippen LogP contribution in [0.3, 0.4) is 0 Å². The maximum atomic E-state index is 13.3. The summed E-state index contributed by atoms with van der Waals surface area (Å²) in [6.45, 7) is 2.69. The molecule has 3 heterocycles. The van der Waals surface area contributed by atoms with Gasteiger partial charge in [0.25, 0.3) is 5.56 Å². The smallest absolute Gasteiger partial charge is 0.321 e. The van der Waals surface area contributed by atoms with E-state index < -0.39 is 5.82 Å². The van der Waals surface area contributed by atoms with Crippen LogP contribution in [0.2, 0.25) is 0 Å². The molecule has 5 rings (SSSR count). The zero-order valence-electron chi connectivity index (χ0n) is 17.9. The van der Waals surface area contributed by atoms with Gasteiger partial charge in [-0.1, -0.05) is 17.4 Å². The van der Waals surface area contributed by atoms with Gasteiger partial charge in [0, 0.05) is 50.0 Å². The average Bonchev–Trinajstić information content (AvgIpc) is 3.25. The first kappa shape index (κ1) is 22.1. The number of hydrogen-bond acceptors (Lipinski definition) is 6. The Balaban J connectivity index is 1.23. The Morgan fingerprint density at radius 3 is 2.50 bits per heavy atom. The van der Waals surface area contributed by atoms with Crippen LogP contribution in [0, 0.1) is 11.6 Å². The number of benzene rings is 2. The van der Waals surface area contributed by atoms with Gasteiger partial charge in [-0.2, -0.15) is 9.61 Å². The second-order valence-corrected chi connectivity index (χ2v) is 8.85. The van der Waals surface area contributed by atoms with Crippen molar-refractivity contribution in [3.05, 3.63) is 82.3 Å². The van der Waals surface area contributed by atoms with E-state index in [0.29, 0.717) is 59.6 Å². The number of fused-ring (bicyclic) bond motifs is 1. The summed E-state index contributed by atoms with van der Waals surface area (Å²) in [7, 11) is 0. The number of carbonyl (C=O) groups excluding carboxylic acids is 1. The number of piperazine rings is 1. The molecule has 8 nitrogen and oxygen atoms in total. The quantitative estimate of drug-likeness (QED) is 0.482. The predicted molar refractivity (Wildman–Crippen MR) is 125 cm³/mol. The van der Waals surface area contributed by atoms with Crippen molar-refractivity contribution in [2.75, 3.05) is 31.5 Å². The van der Waals surface area contributed by atoms with Gasteiger partial charge in [-0.25, -0.2) is 18.6 Å². The lowest BCUT2D eigenvalue weighted by Crippen LogP contribution is -2.49. The molecule has 1 aliphatic rings. The summed E-state index contributed by atoms with van der Waals surface area (Å²) in [5, 5.41) is 7.61. The standard InChI is InChI=1S/C23H20F2N6O2S/c24-16-6-4-15(5-7-16)21-28-31-20(32)13-19(27-23(31)34-21)14-29-8-10-30(11-9-29)22(33)26-18-3-1-2-17(25)12-18/h1-7,12-13H,8-11,14H2,(H,26,33). The largest absolute Gasteiger partial charge is 0.322 e. The van der Waals surface area contributed by atoms with Crippen LogP contribution in [-0.4, -0.2) is 56.6 Å². The fourth-order valence-electron chi connectivity index (χ4n) is 3.75. The van der Waals surface area contributed by atoms with Crippen LogP contribution in [0.15, 0.2) is 59.4 Å². The van der Waals surface area contributed by atoms with E-state index in [1.807, 2.05) is 0 Å². The number of halogens is 2. The molecule has 2 aromatic carbocycles. The summed E-state index contributed by atoms with van der Waals surface area (Å²) in [5.41, 5.74) is 1.47. The average molecular weight is 483 g/mol. The third kappa shape index (κ3) is 4.80. The van der Waals surface area contributed by atoms with Crippen LogP contribution in [0.5, 0.6) is 0 Å². The molecule has 0 bridgehead atoms.